The fourth-order valence-electron chi connectivity index (χ4n) is 1.52. The number of primary amides is 1. The van der Waals surface area contributed by atoms with Crippen molar-refractivity contribution in [2.75, 3.05) is 6.61 Å². The van der Waals surface area contributed by atoms with Crippen LogP contribution in [0.15, 0.2) is 11.3 Å². The maximum Gasteiger partial charge on any atom is 0.269 e. The van der Waals surface area contributed by atoms with Crippen molar-refractivity contribution < 1.29 is 9.53 Å². The predicted molar refractivity (Wildman–Crippen MR) is 70.0 cm³/mol. The number of unbranched alkanes of at least 4 members (excludes halogenated alkanes) is 2. The van der Waals surface area contributed by atoms with E-state index in [9.17, 15) is 4.79 Å². The molecule has 18 heavy (non-hydrogen) atoms. The van der Waals surface area contributed by atoms with Gasteiger partial charge in [-0.2, -0.15) is 4.99 Å². The molecule has 0 spiro atoms. The molecular weight excluding hydrogens is 232 g/mol. The van der Waals surface area contributed by atoms with Crippen LogP contribution in [0, 0.1) is 0 Å². The third kappa shape index (κ3) is 4.20. The van der Waals surface area contributed by atoms with Crippen molar-refractivity contribution in [3.05, 3.63) is 12.0 Å². The average molecular weight is 252 g/mol. The number of rotatable bonds is 7. The third-order valence-corrected chi connectivity index (χ3v) is 2.40. The van der Waals surface area contributed by atoms with Gasteiger partial charge in [-0.1, -0.05) is 19.8 Å². The summed E-state index contributed by atoms with van der Waals surface area (Å²) in [4.78, 5) is 22.0. The van der Waals surface area contributed by atoms with Crippen LogP contribution in [-0.2, 0) is 4.74 Å². The van der Waals surface area contributed by atoms with Gasteiger partial charge in [0, 0.05) is 6.42 Å². The van der Waals surface area contributed by atoms with Crippen LogP contribution >= 0.6 is 0 Å². The van der Waals surface area contributed by atoms with Gasteiger partial charge in [-0.05, 0) is 13.3 Å². The molecule has 100 valence electrons. The first-order valence-corrected chi connectivity index (χ1v) is 6.22. The van der Waals surface area contributed by atoms with E-state index in [1.54, 1.807) is 0 Å². The van der Waals surface area contributed by atoms with Crippen molar-refractivity contribution >= 4 is 17.6 Å². The standard InChI is InChI=1S/C12H20N4O2/c1-3-5-6-7-9(18-4-2)16-12-10(11(13)17)14-8-15-12/h8H,3-7H2,1-2H3,(H2,13,17)(H,14,15)/b16-9+. The molecule has 1 aromatic heterocycles. The Hall–Kier alpha value is -1.85. The molecule has 1 amide bonds. The molecule has 1 heterocycles. The lowest BCUT2D eigenvalue weighted by molar-refractivity contribution is 0.0997. The number of ether oxygens (including phenoxy) is 1. The van der Waals surface area contributed by atoms with E-state index in [1.807, 2.05) is 6.92 Å². The molecule has 0 radical (unpaired) electrons. The Balaban J connectivity index is 2.79. The van der Waals surface area contributed by atoms with Gasteiger partial charge in [-0.25, -0.2) is 4.98 Å². The number of nitrogens with two attached hydrogens (primary N) is 1. The van der Waals surface area contributed by atoms with Crippen molar-refractivity contribution in [2.45, 2.75) is 39.5 Å². The molecule has 1 rings (SSSR count). The Morgan fingerprint density at radius 3 is 2.89 bits per heavy atom. The highest BCUT2D eigenvalue weighted by molar-refractivity contribution is 5.96. The Morgan fingerprint density at radius 1 is 1.50 bits per heavy atom. The van der Waals surface area contributed by atoms with Crippen LogP contribution in [0.1, 0.15) is 50.0 Å². The minimum Gasteiger partial charge on any atom is -0.481 e. The quantitative estimate of drug-likeness (QED) is 0.442. The highest BCUT2D eigenvalue weighted by Gasteiger charge is 2.11. The second-order valence-electron chi connectivity index (χ2n) is 3.86. The van der Waals surface area contributed by atoms with Crippen LogP contribution in [0.2, 0.25) is 0 Å². The van der Waals surface area contributed by atoms with E-state index in [-0.39, 0.29) is 5.69 Å². The van der Waals surface area contributed by atoms with Gasteiger partial charge in [0.15, 0.2) is 17.4 Å². The van der Waals surface area contributed by atoms with Gasteiger partial charge in [-0.15, -0.1) is 0 Å². The van der Waals surface area contributed by atoms with E-state index in [2.05, 4.69) is 21.9 Å². The molecule has 0 aliphatic rings. The van der Waals surface area contributed by atoms with E-state index in [1.165, 1.54) is 6.33 Å². The minimum atomic E-state index is -0.573. The van der Waals surface area contributed by atoms with E-state index in [0.717, 1.165) is 25.7 Å². The number of aromatic amines is 1. The van der Waals surface area contributed by atoms with Crippen molar-refractivity contribution in [2.24, 2.45) is 10.7 Å². The summed E-state index contributed by atoms with van der Waals surface area (Å²) in [7, 11) is 0. The maximum atomic E-state index is 11.1. The molecule has 0 aliphatic carbocycles. The number of aromatic nitrogens is 2. The van der Waals surface area contributed by atoms with Gasteiger partial charge in [0.25, 0.3) is 5.91 Å². The lowest BCUT2D eigenvalue weighted by Crippen LogP contribution is -2.12. The molecule has 6 nitrogen and oxygen atoms in total. The van der Waals surface area contributed by atoms with E-state index >= 15 is 0 Å². The topological polar surface area (TPSA) is 93.4 Å². The number of hydrogen-bond donors (Lipinski definition) is 2. The molecule has 3 N–H and O–H groups in total. The smallest absolute Gasteiger partial charge is 0.269 e. The number of carbonyl (C=O) groups is 1. The average Bonchev–Trinajstić information content (AvgIpc) is 2.78. The van der Waals surface area contributed by atoms with Crippen LogP contribution in [-0.4, -0.2) is 28.4 Å². The van der Waals surface area contributed by atoms with Crippen molar-refractivity contribution in [1.29, 1.82) is 0 Å². The lowest BCUT2D eigenvalue weighted by Gasteiger charge is -2.06. The van der Waals surface area contributed by atoms with Gasteiger partial charge in [0.2, 0.25) is 0 Å². The number of amides is 1. The number of hydrogen-bond acceptors (Lipinski definition) is 4. The molecule has 0 aliphatic heterocycles. The summed E-state index contributed by atoms with van der Waals surface area (Å²) < 4.78 is 5.44. The normalized spacial score (nSPS) is 11.6. The SMILES string of the molecule is CCCCC/C(=N\c1nc[nH]c1C(N)=O)OCC. The summed E-state index contributed by atoms with van der Waals surface area (Å²) in [6.45, 7) is 4.58. The molecule has 0 aromatic carbocycles. The summed E-state index contributed by atoms with van der Waals surface area (Å²) >= 11 is 0. The molecule has 0 fully saturated rings. The Labute approximate surface area is 107 Å². The summed E-state index contributed by atoms with van der Waals surface area (Å²) in [6.07, 6.45) is 5.40. The minimum absolute atomic E-state index is 0.211. The molecule has 1 aromatic rings. The number of nitrogens with zero attached hydrogens (tertiary/aromatic N) is 2. The highest BCUT2D eigenvalue weighted by Crippen LogP contribution is 2.15. The van der Waals surface area contributed by atoms with Gasteiger partial charge >= 0.3 is 0 Å². The molecule has 0 bridgehead atoms. The zero-order valence-corrected chi connectivity index (χ0v) is 10.9. The number of nitrogens with one attached hydrogen (secondary N) is 1. The lowest BCUT2D eigenvalue weighted by atomic mass is 10.2. The highest BCUT2D eigenvalue weighted by atomic mass is 16.5. The third-order valence-electron chi connectivity index (χ3n) is 2.40. The summed E-state index contributed by atoms with van der Waals surface area (Å²) in [5.41, 5.74) is 5.42. The van der Waals surface area contributed by atoms with E-state index in [4.69, 9.17) is 10.5 Å². The summed E-state index contributed by atoms with van der Waals surface area (Å²) in [6, 6.07) is 0. The van der Waals surface area contributed by atoms with Crippen LogP contribution in [0.5, 0.6) is 0 Å². The van der Waals surface area contributed by atoms with Crippen molar-refractivity contribution in [3.63, 3.8) is 0 Å². The Kier molecular flexibility index (Phi) is 5.90. The summed E-state index contributed by atoms with van der Waals surface area (Å²) in [5, 5.41) is 0. The second-order valence-corrected chi connectivity index (χ2v) is 3.86. The zero-order valence-electron chi connectivity index (χ0n) is 10.9. The first-order valence-electron chi connectivity index (χ1n) is 6.22. The first-order chi connectivity index (χ1) is 8.69. The van der Waals surface area contributed by atoms with Crippen LogP contribution in [0.4, 0.5) is 5.82 Å². The molecule has 6 heteroatoms. The first kappa shape index (κ1) is 14.2. The molecule has 0 saturated carbocycles. The Bertz CT molecular complexity index is 412. The summed E-state index contributed by atoms with van der Waals surface area (Å²) in [5.74, 6) is 0.318. The van der Waals surface area contributed by atoms with Crippen molar-refractivity contribution in [1.82, 2.24) is 9.97 Å². The van der Waals surface area contributed by atoms with Crippen LogP contribution in [0.25, 0.3) is 0 Å². The van der Waals surface area contributed by atoms with Gasteiger partial charge < -0.3 is 15.5 Å². The van der Waals surface area contributed by atoms with E-state index < -0.39 is 5.91 Å². The largest absolute Gasteiger partial charge is 0.481 e. The number of aliphatic imine (C=N–C) groups is 1. The predicted octanol–water partition coefficient (Wildman–Crippen LogP) is 2.16. The monoisotopic (exact) mass is 252 g/mol. The van der Waals surface area contributed by atoms with Crippen LogP contribution < -0.4 is 5.73 Å². The van der Waals surface area contributed by atoms with E-state index in [0.29, 0.717) is 18.3 Å². The number of imidazole rings is 1. The molecule has 0 atom stereocenters. The number of carbonyl (C=O) groups excluding carboxylic acids is 1. The maximum absolute atomic E-state index is 11.1. The zero-order chi connectivity index (χ0) is 13.4. The van der Waals surface area contributed by atoms with Crippen LogP contribution in [0.3, 0.4) is 0 Å². The van der Waals surface area contributed by atoms with Gasteiger partial charge in [0.05, 0.1) is 12.9 Å². The molecular formula is C12H20N4O2. The van der Waals surface area contributed by atoms with Gasteiger partial charge in [0.1, 0.15) is 0 Å². The number of H-pyrrole nitrogens is 1. The fraction of sp³-hybridized carbons (Fsp3) is 0.583. The molecule has 0 unspecified atom stereocenters. The Morgan fingerprint density at radius 2 is 2.28 bits per heavy atom. The fourth-order valence-corrected chi connectivity index (χ4v) is 1.52. The van der Waals surface area contributed by atoms with Gasteiger partial charge in [-0.3, -0.25) is 4.79 Å². The van der Waals surface area contributed by atoms with Crippen molar-refractivity contribution in [3.8, 4) is 0 Å². The second kappa shape index (κ2) is 7.47. The molecule has 0 saturated heterocycles.